The lowest BCUT2D eigenvalue weighted by Gasteiger charge is -2.06. The largest absolute Gasteiger partial charge is 0.376 e. The number of halogens is 4. The first kappa shape index (κ1) is 14.5. The third-order valence-electron chi connectivity index (χ3n) is 1.99. The maximum atomic E-state index is 13.3. The molecule has 1 heterocycles. The van der Waals surface area contributed by atoms with E-state index in [0.29, 0.717) is 6.07 Å². The van der Waals surface area contributed by atoms with Crippen LogP contribution < -0.4 is 4.18 Å². The molecule has 2 rings (SSSR count). The Balaban J connectivity index is 2.39. The summed E-state index contributed by atoms with van der Waals surface area (Å²) in [5.74, 6) is -2.61. The van der Waals surface area contributed by atoms with Crippen LogP contribution in [0.2, 0.25) is 8.67 Å². The standard InChI is InChI=1S/C10H4Cl2F2O3S2/c11-9-4-8(10(12)18-9)19(15,16)17-7-2-1-5(13)3-6(7)14/h1-4H. The van der Waals surface area contributed by atoms with Crippen molar-refractivity contribution in [1.82, 2.24) is 0 Å². The Labute approximate surface area is 121 Å². The van der Waals surface area contributed by atoms with E-state index in [1.54, 1.807) is 0 Å². The van der Waals surface area contributed by atoms with Crippen LogP contribution >= 0.6 is 34.5 Å². The number of rotatable bonds is 3. The van der Waals surface area contributed by atoms with Crippen molar-refractivity contribution in [2.24, 2.45) is 0 Å². The summed E-state index contributed by atoms with van der Waals surface area (Å²) in [7, 11) is -4.33. The highest BCUT2D eigenvalue weighted by atomic mass is 35.5. The fourth-order valence-electron chi connectivity index (χ4n) is 1.20. The van der Waals surface area contributed by atoms with Crippen molar-refractivity contribution in [3.8, 4) is 5.75 Å². The van der Waals surface area contributed by atoms with Gasteiger partial charge in [0.05, 0.1) is 4.34 Å². The van der Waals surface area contributed by atoms with E-state index in [4.69, 9.17) is 23.2 Å². The minimum atomic E-state index is -4.33. The second-order valence-corrected chi connectivity index (χ2v) is 7.10. The maximum Gasteiger partial charge on any atom is 0.341 e. The monoisotopic (exact) mass is 344 g/mol. The van der Waals surface area contributed by atoms with E-state index in [1.807, 2.05) is 0 Å². The van der Waals surface area contributed by atoms with Crippen molar-refractivity contribution in [3.63, 3.8) is 0 Å². The van der Waals surface area contributed by atoms with Gasteiger partial charge >= 0.3 is 10.1 Å². The SMILES string of the molecule is O=S(=O)(Oc1ccc(F)cc1F)c1cc(Cl)sc1Cl. The van der Waals surface area contributed by atoms with E-state index in [1.165, 1.54) is 0 Å². The number of hydrogen-bond acceptors (Lipinski definition) is 4. The van der Waals surface area contributed by atoms with Crippen molar-refractivity contribution < 1.29 is 21.4 Å². The Bertz CT molecular complexity index is 728. The third-order valence-corrected chi connectivity index (χ3v) is 4.98. The molecule has 0 saturated carbocycles. The summed E-state index contributed by atoms with van der Waals surface area (Å²) < 4.78 is 54.3. The van der Waals surface area contributed by atoms with E-state index in [2.05, 4.69) is 4.18 Å². The van der Waals surface area contributed by atoms with Crippen LogP contribution in [0.5, 0.6) is 5.75 Å². The lowest BCUT2D eigenvalue weighted by Crippen LogP contribution is -2.10. The molecule has 0 atom stereocenters. The van der Waals surface area contributed by atoms with E-state index in [-0.39, 0.29) is 13.6 Å². The van der Waals surface area contributed by atoms with Crippen LogP contribution in [0, 0.1) is 11.6 Å². The minimum Gasteiger partial charge on any atom is -0.376 e. The van der Waals surface area contributed by atoms with Crippen LogP contribution in [0.25, 0.3) is 0 Å². The molecular formula is C10H4Cl2F2O3S2. The van der Waals surface area contributed by atoms with Crippen molar-refractivity contribution in [3.05, 3.63) is 44.6 Å². The summed E-state index contributed by atoms with van der Waals surface area (Å²) in [4.78, 5) is -0.368. The minimum absolute atomic E-state index is 0.104. The van der Waals surface area contributed by atoms with Gasteiger partial charge in [-0.25, -0.2) is 8.78 Å². The second-order valence-electron chi connectivity index (χ2n) is 3.30. The molecule has 0 spiro atoms. The summed E-state index contributed by atoms with van der Waals surface area (Å²) in [5.41, 5.74) is 0. The molecule has 0 aliphatic rings. The van der Waals surface area contributed by atoms with Gasteiger partial charge in [-0.2, -0.15) is 8.42 Å². The summed E-state index contributed by atoms with van der Waals surface area (Å²) in [6, 6.07) is 3.33. The molecule has 0 N–H and O–H groups in total. The zero-order valence-electron chi connectivity index (χ0n) is 8.86. The topological polar surface area (TPSA) is 43.4 Å². The molecule has 3 nitrogen and oxygen atoms in total. The molecule has 1 aromatic heterocycles. The lowest BCUT2D eigenvalue weighted by atomic mass is 10.3. The molecule has 9 heteroatoms. The predicted molar refractivity (Wildman–Crippen MR) is 68.5 cm³/mol. The average Bonchev–Trinajstić information content (AvgIpc) is 2.63. The van der Waals surface area contributed by atoms with E-state index in [0.717, 1.165) is 29.5 Å². The van der Waals surface area contributed by atoms with Gasteiger partial charge < -0.3 is 4.18 Å². The van der Waals surface area contributed by atoms with Crippen LogP contribution in [0.4, 0.5) is 8.78 Å². The van der Waals surface area contributed by atoms with Gasteiger partial charge in [0, 0.05) is 6.07 Å². The molecule has 102 valence electrons. The molecule has 2 aromatic rings. The average molecular weight is 345 g/mol. The molecular weight excluding hydrogens is 341 g/mol. The van der Waals surface area contributed by atoms with Gasteiger partial charge in [-0.1, -0.05) is 23.2 Å². The number of hydrogen-bond donors (Lipinski definition) is 0. The van der Waals surface area contributed by atoms with Crippen molar-refractivity contribution in [2.45, 2.75) is 4.90 Å². The van der Waals surface area contributed by atoms with Crippen molar-refractivity contribution >= 4 is 44.7 Å². The Kier molecular flexibility index (Phi) is 4.00. The molecule has 0 amide bonds. The quantitative estimate of drug-likeness (QED) is 0.787. The normalized spacial score (nSPS) is 11.6. The Morgan fingerprint density at radius 1 is 1.16 bits per heavy atom. The van der Waals surface area contributed by atoms with Crippen molar-refractivity contribution in [1.29, 1.82) is 0 Å². The second kappa shape index (κ2) is 5.24. The molecule has 0 unspecified atom stereocenters. The highest BCUT2D eigenvalue weighted by molar-refractivity contribution is 7.87. The van der Waals surface area contributed by atoms with E-state index < -0.39 is 27.5 Å². The molecule has 0 aliphatic carbocycles. The molecule has 19 heavy (non-hydrogen) atoms. The summed E-state index contributed by atoms with van der Waals surface area (Å²) in [6.45, 7) is 0. The molecule has 0 fully saturated rings. The first-order chi connectivity index (χ1) is 8.79. The highest BCUT2D eigenvalue weighted by Gasteiger charge is 2.24. The molecule has 0 saturated heterocycles. The summed E-state index contributed by atoms with van der Waals surface area (Å²) in [6.07, 6.45) is 0. The number of thiophene rings is 1. The molecule has 0 aliphatic heterocycles. The van der Waals surface area contributed by atoms with E-state index in [9.17, 15) is 17.2 Å². The van der Waals surface area contributed by atoms with Gasteiger partial charge in [0.1, 0.15) is 15.0 Å². The Hall–Kier alpha value is -0.890. The zero-order valence-corrected chi connectivity index (χ0v) is 12.0. The van der Waals surface area contributed by atoms with Gasteiger partial charge in [0.15, 0.2) is 11.6 Å². The fourth-order valence-corrected chi connectivity index (χ4v) is 4.25. The smallest absolute Gasteiger partial charge is 0.341 e. The van der Waals surface area contributed by atoms with Crippen LogP contribution in [-0.2, 0) is 10.1 Å². The van der Waals surface area contributed by atoms with Gasteiger partial charge in [0.2, 0.25) is 0 Å². The molecule has 1 aromatic carbocycles. The van der Waals surface area contributed by atoms with Gasteiger partial charge in [0.25, 0.3) is 0 Å². The fraction of sp³-hybridized carbons (Fsp3) is 0. The molecule has 0 radical (unpaired) electrons. The van der Waals surface area contributed by atoms with Gasteiger partial charge in [-0.05, 0) is 18.2 Å². The highest BCUT2D eigenvalue weighted by Crippen LogP contribution is 2.35. The van der Waals surface area contributed by atoms with E-state index >= 15 is 0 Å². The van der Waals surface area contributed by atoms with Crippen LogP contribution in [-0.4, -0.2) is 8.42 Å². The predicted octanol–water partition coefficient (Wildman–Crippen LogP) is 4.10. The van der Waals surface area contributed by atoms with Crippen LogP contribution in [0.3, 0.4) is 0 Å². The summed E-state index contributed by atoms with van der Waals surface area (Å²) in [5, 5.41) is 0. The van der Waals surface area contributed by atoms with Crippen molar-refractivity contribution in [2.75, 3.05) is 0 Å². The van der Waals surface area contributed by atoms with Crippen LogP contribution in [0.1, 0.15) is 0 Å². The Morgan fingerprint density at radius 2 is 1.84 bits per heavy atom. The third kappa shape index (κ3) is 3.17. The first-order valence-electron chi connectivity index (χ1n) is 4.64. The molecule has 0 bridgehead atoms. The zero-order chi connectivity index (χ0) is 14.2. The first-order valence-corrected chi connectivity index (χ1v) is 7.62. The maximum absolute atomic E-state index is 13.3. The van der Waals surface area contributed by atoms with Gasteiger partial charge in [-0.15, -0.1) is 11.3 Å². The number of benzene rings is 1. The lowest BCUT2D eigenvalue weighted by molar-refractivity contribution is 0.458. The van der Waals surface area contributed by atoms with Crippen LogP contribution in [0.15, 0.2) is 29.2 Å². The summed E-state index contributed by atoms with van der Waals surface area (Å²) >= 11 is 12.1. The Morgan fingerprint density at radius 3 is 2.37 bits per heavy atom. The van der Waals surface area contributed by atoms with Gasteiger partial charge in [-0.3, -0.25) is 0 Å².